The molecule has 0 saturated heterocycles. The summed E-state index contributed by atoms with van der Waals surface area (Å²) in [4.78, 5) is 12.7. The molecule has 1 amide bonds. The topological polar surface area (TPSA) is 68.0 Å². The van der Waals surface area contributed by atoms with Crippen molar-refractivity contribution in [1.82, 2.24) is 10.2 Å². The average molecular weight is 438 g/mol. The lowest BCUT2D eigenvalue weighted by Crippen LogP contribution is -2.16. The maximum atomic E-state index is 12.7. The molecule has 7 heteroatoms. The predicted octanol–water partition coefficient (Wildman–Crippen LogP) is 6.20. The third-order valence-electron chi connectivity index (χ3n) is 4.57. The molecule has 0 aliphatic heterocycles. The Hall–Kier alpha value is -3.15. The van der Waals surface area contributed by atoms with Gasteiger partial charge in [-0.25, -0.2) is 0 Å². The molecule has 1 N–H and O–H groups in total. The number of hydrogen-bond acceptors (Lipinski definition) is 4. The Morgan fingerprint density at radius 3 is 2.00 bits per heavy atom. The van der Waals surface area contributed by atoms with E-state index >= 15 is 0 Å². The van der Waals surface area contributed by atoms with E-state index in [9.17, 15) is 4.79 Å². The van der Waals surface area contributed by atoms with Gasteiger partial charge in [-0.2, -0.15) is 0 Å². The van der Waals surface area contributed by atoms with Gasteiger partial charge in [0, 0.05) is 27.9 Å². The Kier molecular flexibility index (Phi) is 6.12. The smallest absolute Gasteiger partial charge is 0.322 e. The Labute approximate surface area is 183 Å². The first-order valence-electron chi connectivity index (χ1n) is 9.28. The van der Waals surface area contributed by atoms with Crippen molar-refractivity contribution in [2.45, 2.75) is 12.3 Å². The molecule has 30 heavy (non-hydrogen) atoms. The summed E-state index contributed by atoms with van der Waals surface area (Å²) in [6.07, 6.45) is 0.231. The fourth-order valence-electron chi connectivity index (χ4n) is 3.22. The fraction of sp³-hybridized carbons (Fsp3) is 0.0870. The van der Waals surface area contributed by atoms with Crippen molar-refractivity contribution in [1.29, 1.82) is 0 Å². The van der Waals surface area contributed by atoms with Gasteiger partial charge in [0.1, 0.15) is 0 Å². The standard InChI is InChI=1S/C23H17Cl2N3O2/c24-18-11-17(12-19(25)13-18)22-27-28-23(30-22)26-21(29)14-20(15-7-3-1-4-8-15)16-9-5-2-6-10-16/h1-13,20H,14H2,(H,26,28,29). The molecule has 0 saturated carbocycles. The minimum Gasteiger partial charge on any atom is -0.403 e. The van der Waals surface area contributed by atoms with Gasteiger partial charge in [0.25, 0.3) is 0 Å². The van der Waals surface area contributed by atoms with Crippen LogP contribution in [0.25, 0.3) is 11.5 Å². The first-order valence-corrected chi connectivity index (χ1v) is 10.0. The van der Waals surface area contributed by atoms with Crippen LogP contribution in [0.1, 0.15) is 23.5 Å². The average Bonchev–Trinajstić information content (AvgIpc) is 3.21. The van der Waals surface area contributed by atoms with Crippen LogP contribution in [0.4, 0.5) is 6.01 Å². The van der Waals surface area contributed by atoms with E-state index in [1.165, 1.54) is 0 Å². The summed E-state index contributed by atoms with van der Waals surface area (Å²) >= 11 is 12.0. The molecule has 0 spiro atoms. The molecule has 1 heterocycles. The van der Waals surface area contributed by atoms with Crippen LogP contribution in [0.5, 0.6) is 0 Å². The van der Waals surface area contributed by atoms with E-state index in [1.807, 2.05) is 60.7 Å². The van der Waals surface area contributed by atoms with E-state index in [2.05, 4.69) is 15.5 Å². The molecule has 3 aromatic carbocycles. The minimum atomic E-state index is -0.230. The Morgan fingerprint density at radius 1 is 0.867 bits per heavy atom. The molecule has 0 aliphatic rings. The van der Waals surface area contributed by atoms with Gasteiger partial charge in [-0.15, -0.1) is 5.10 Å². The molecule has 0 atom stereocenters. The number of carbonyl (C=O) groups excluding carboxylic acids is 1. The normalized spacial score (nSPS) is 10.9. The second kappa shape index (κ2) is 9.11. The van der Waals surface area contributed by atoms with Crippen LogP contribution in [0.15, 0.2) is 83.3 Å². The summed E-state index contributed by atoms with van der Waals surface area (Å²) in [7, 11) is 0. The Bertz CT molecular complexity index is 1090. The number of amides is 1. The van der Waals surface area contributed by atoms with Gasteiger partial charge in [-0.3, -0.25) is 10.1 Å². The van der Waals surface area contributed by atoms with Crippen molar-refractivity contribution in [2.75, 3.05) is 5.32 Å². The minimum absolute atomic E-state index is 0.0194. The number of rotatable bonds is 6. The molecule has 0 aliphatic carbocycles. The monoisotopic (exact) mass is 437 g/mol. The lowest BCUT2D eigenvalue weighted by atomic mass is 9.88. The zero-order valence-electron chi connectivity index (χ0n) is 15.8. The van der Waals surface area contributed by atoms with Crippen molar-refractivity contribution in [3.8, 4) is 11.5 Å². The molecule has 0 unspecified atom stereocenters. The first-order chi connectivity index (χ1) is 14.6. The highest BCUT2D eigenvalue weighted by Gasteiger charge is 2.20. The second-order valence-electron chi connectivity index (χ2n) is 6.70. The summed E-state index contributed by atoms with van der Waals surface area (Å²) in [6, 6.07) is 24.8. The number of benzene rings is 3. The summed E-state index contributed by atoms with van der Waals surface area (Å²) in [6.45, 7) is 0. The second-order valence-corrected chi connectivity index (χ2v) is 7.57. The molecule has 5 nitrogen and oxygen atoms in total. The van der Waals surface area contributed by atoms with Gasteiger partial charge in [-0.1, -0.05) is 89.0 Å². The van der Waals surface area contributed by atoms with Gasteiger partial charge in [0.2, 0.25) is 11.8 Å². The van der Waals surface area contributed by atoms with Crippen LogP contribution in [-0.2, 0) is 4.79 Å². The summed E-state index contributed by atoms with van der Waals surface area (Å²) in [5.41, 5.74) is 2.68. The van der Waals surface area contributed by atoms with Crippen molar-refractivity contribution in [3.05, 3.63) is 100 Å². The summed E-state index contributed by atoms with van der Waals surface area (Å²) in [5.74, 6) is -0.106. The maximum absolute atomic E-state index is 12.7. The van der Waals surface area contributed by atoms with Crippen LogP contribution >= 0.6 is 23.2 Å². The van der Waals surface area contributed by atoms with E-state index < -0.39 is 0 Å². The highest BCUT2D eigenvalue weighted by Crippen LogP contribution is 2.29. The van der Waals surface area contributed by atoms with E-state index in [0.29, 0.717) is 15.6 Å². The van der Waals surface area contributed by atoms with E-state index in [1.54, 1.807) is 18.2 Å². The van der Waals surface area contributed by atoms with E-state index in [0.717, 1.165) is 11.1 Å². The van der Waals surface area contributed by atoms with Gasteiger partial charge in [-0.05, 0) is 29.3 Å². The number of nitrogens with zero attached hydrogens (tertiary/aromatic N) is 2. The van der Waals surface area contributed by atoms with Crippen LogP contribution in [0, 0.1) is 0 Å². The Morgan fingerprint density at radius 2 is 1.43 bits per heavy atom. The highest BCUT2D eigenvalue weighted by molar-refractivity contribution is 6.35. The predicted molar refractivity (Wildman–Crippen MR) is 118 cm³/mol. The fourth-order valence-corrected chi connectivity index (χ4v) is 3.75. The quantitative estimate of drug-likeness (QED) is 0.389. The van der Waals surface area contributed by atoms with Crippen LogP contribution in [-0.4, -0.2) is 16.1 Å². The number of hydrogen-bond donors (Lipinski definition) is 1. The number of halogens is 2. The third-order valence-corrected chi connectivity index (χ3v) is 5.01. The van der Waals surface area contributed by atoms with Gasteiger partial charge < -0.3 is 4.42 Å². The molecule has 0 fully saturated rings. The van der Waals surface area contributed by atoms with E-state index in [4.69, 9.17) is 27.6 Å². The lowest BCUT2D eigenvalue weighted by molar-refractivity contribution is -0.116. The van der Waals surface area contributed by atoms with Crippen LogP contribution in [0.3, 0.4) is 0 Å². The van der Waals surface area contributed by atoms with Crippen LogP contribution < -0.4 is 5.32 Å². The van der Waals surface area contributed by atoms with Gasteiger partial charge in [0.15, 0.2) is 0 Å². The zero-order valence-corrected chi connectivity index (χ0v) is 17.3. The van der Waals surface area contributed by atoms with Crippen molar-refractivity contribution >= 4 is 35.1 Å². The number of nitrogens with one attached hydrogen (secondary N) is 1. The van der Waals surface area contributed by atoms with Crippen molar-refractivity contribution in [3.63, 3.8) is 0 Å². The SMILES string of the molecule is O=C(CC(c1ccccc1)c1ccccc1)Nc1nnc(-c2cc(Cl)cc(Cl)c2)o1. The largest absolute Gasteiger partial charge is 0.403 e. The third kappa shape index (κ3) is 4.87. The van der Waals surface area contributed by atoms with Gasteiger partial charge in [0.05, 0.1) is 0 Å². The molecule has 4 aromatic rings. The van der Waals surface area contributed by atoms with Crippen molar-refractivity contribution in [2.24, 2.45) is 0 Å². The molecule has 150 valence electrons. The summed E-state index contributed by atoms with van der Waals surface area (Å²) < 4.78 is 5.57. The Balaban J connectivity index is 1.51. The molecular weight excluding hydrogens is 421 g/mol. The molecule has 0 radical (unpaired) electrons. The molecule has 4 rings (SSSR count). The number of aromatic nitrogens is 2. The molecule has 0 bridgehead atoms. The highest BCUT2D eigenvalue weighted by atomic mass is 35.5. The number of anilines is 1. The maximum Gasteiger partial charge on any atom is 0.322 e. The summed E-state index contributed by atoms with van der Waals surface area (Å²) in [5, 5.41) is 11.5. The zero-order chi connectivity index (χ0) is 20.9. The van der Waals surface area contributed by atoms with Gasteiger partial charge >= 0.3 is 6.01 Å². The van der Waals surface area contributed by atoms with E-state index in [-0.39, 0.29) is 30.2 Å². The van der Waals surface area contributed by atoms with Crippen molar-refractivity contribution < 1.29 is 9.21 Å². The number of carbonyl (C=O) groups is 1. The molecule has 1 aromatic heterocycles. The van der Waals surface area contributed by atoms with Crippen LogP contribution in [0.2, 0.25) is 10.0 Å². The first kappa shape index (κ1) is 20.1. The lowest BCUT2D eigenvalue weighted by Gasteiger charge is -2.17. The molecular formula is C23H17Cl2N3O2.